The zero-order valence-electron chi connectivity index (χ0n) is 18.8. The highest BCUT2D eigenvalue weighted by atomic mass is 32.2. The maximum atomic E-state index is 13.0. The molecule has 2 aromatic carbocycles. The van der Waals surface area contributed by atoms with Gasteiger partial charge in [-0.05, 0) is 43.2 Å². The van der Waals surface area contributed by atoms with Crippen molar-refractivity contribution in [1.82, 2.24) is 14.5 Å². The van der Waals surface area contributed by atoms with Gasteiger partial charge < -0.3 is 15.0 Å². The lowest BCUT2D eigenvalue weighted by atomic mass is 10.1. The Morgan fingerprint density at radius 3 is 2.39 bits per heavy atom. The average molecular weight is 474 g/mol. The molecule has 10 heteroatoms. The molecular weight excluding hydrogens is 446 g/mol. The first-order valence-corrected chi connectivity index (χ1v) is 11.9. The standard InChI is InChI=1S/C23H27N3O6S/c1-16(22(28)24-2)25(15-17-10-12-18(32-3)13-11-17)21(27)9-6-14-26-23(29)19-7-4-5-8-20(19)33(26,30)31/h4-5,7-8,10-13,16H,6,9,14-15H2,1-3H3,(H,24,28)/t16-/m1/s1. The highest BCUT2D eigenvalue weighted by molar-refractivity contribution is 7.90. The van der Waals surface area contributed by atoms with Crippen LogP contribution >= 0.6 is 0 Å². The second kappa shape index (κ2) is 10.0. The molecule has 33 heavy (non-hydrogen) atoms. The quantitative estimate of drug-likeness (QED) is 0.594. The minimum atomic E-state index is -3.92. The Balaban J connectivity index is 1.69. The lowest BCUT2D eigenvalue weighted by Gasteiger charge is -2.28. The van der Waals surface area contributed by atoms with Crippen molar-refractivity contribution >= 4 is 27.7 Å². The third kappa shape index (κ3) is 5.00. The predicted molar refractivity (Wildman–Crippen MR) is 121 cm³/mol. The Morgan fingerprint density at radius 1 is 1.12 bits per heavy atom. The molecule has 3 rings (SSSR count). The molecule has 1 atom stereocenters. The van der Waals surface area contributed by atoms with Crippen LogP contribution in [0.1, 0.15) is 35.7 Å². The van der Waals surface area contributed by atoms with Crippen LogP contribution < -0.4 is 10.1 Å². The molecule has 0 saturated carbocycles. The lowest BCUT2D eigenvalue weighted by Crippen LogP contribution is -2.46. The molecule has 1 N–H and O–H groups in total. The molecule has 0 radical (unpaired) electrons. The Morgan fingerprint density at radius 2 is 1.79 bits per heavy atom. The van der Waals surface area contributed by atoms with Gasteiger partial charge in [-0.3, -0.25) is 14.4 Å². The smallest absolute Gasteiger partial charge is 0.269 e. The summed E-state index contributed by atoms with van der Waals surface area (Å²) in [5, 5.41) is 2.55. The maximum absolute atomic E-state index is 13.0. The number of fused-ring (bicyclic) bond motifs is 1. The first-order valence-electron chi connectivity index (χ1n) is 10.5. The van der Waals surface area contributed by atoms with Gasteiger partial charge in [0.25, 0.3) is 15.9 Å². The van der Waals surface area contributed by atoms with E-state index in [4.69, 9.17) is 4.74 Å². The summed E-state index contributed by atoms with van der Waals surface area (Å²) in [7, 11) is -0.865. The number of carbonyl (C=O) groups excluding carboxylic acids is 3. The van der Waals surface area contributed by atoms with E-state index in [1.54, 1.807) is 38.3 Å². The molecule has 3 amide bonds. The van der Waals surface area contributed by atoms with Gasteiger partial charge in [0.1, 0.15) is 16.7 Å². The number of hydrogen-bond donors (Lipinski definition) is 1. The molecule has 0 saturated heterocycles. The number of carbonyl (C=O) groups is 3. The van der Waals surface area contributed by atoms with E-state index in [1.807, 2.05) is 12.1 Å². The van der Waals surface area contributed by atoms with Crippen LogP contribution in [0.3, 0.4) is 0 Å². The predicted octanol–water partition coefficient (Wildman–Crippen LogP) is 1.78. The van der Waals surface area contributed by atoms with Gasteiger partial charge in [-0.2, -0.15) is 0 Å². The first-order chi connectivity index (χ1) is 15.7. The molecule has 1 heterocycles. The average Bonchev–Trinajstić information content (AvgIpc) is 3.02. The summed E-state index contributed by atoms with van der Waals surface area (Å²) in [6, 6.07) is 12.5. The third-order valence-corrected chi connectivity index (χ3v) is 7.43. The van der Waals surface area contributed by atoms with E-state index in [0.717, 1.165) is 9.87 Å². The number of benzene rings is 2. The number of methoxy groups -OCH3 is 1. The van der Waals surface area contributed by atoms with E-state index in [2.05, 4.69) is 5.32 Å². The van der Waals surface area contributed by atoms with Crippen LogP contribution in [-0.4, -0.2) is 62.1 Å². The lowest BCUT2D eigenvalue weighted by molar-refractivity contribution is -0.140. The topological polar surface area (TPSA) is 113 Å². The zero-order chi connectivity index (χ0) is 24.2. The van der Waals surface area contributed by atoms with Crippen LogP contribution in [0.4, 0.5) is 0 Å². The molecule has 9 nitrogen and oxygen atoms in total. The summed E-state index contributed by atoms with van der Waals surface area (Å²) in [4.78, 5) is 39.2. The summed E-state index contributed by atoms with van der Waals surface area (Å²) in [6.45, 7) is 1.71. The summed E-state index contributed by atoms with van der Waals surface area (Å²) < 4.78 is 31.3. The van der Waals surface area contributed by atoms with E-state index in [9.17, 15) is 22.8 Å². The minimum absolute atomic E-state index is 0.0179. The van der Waals surface area contributed by atoms with Crippen molar-refractivity contribution in [3.63, 3.8) is 0 Å². The van der Waals surface area contributed by atoms with E-state index in [1.165, 1.54) is 24.1 Å². The highest BCUT2D eigenvalue weighted by Gasteiger charge is 2.40. The maximum Gasteiger partial charge on any atom is 0.269 e. The van der Waals surface area contributed by atoms with Crippen molar-refractivity contribution in [1.29, 1.82) is 0 Å². The van der Waals surface area contributed by atoms with Crippen molar-refractivity contribution in [2.45, 2.75) is 37.2 Å². The Hall–Kier alpha value is -3.40. The molecule has 0 unspecified atom stereocenters. The van der Waals surface area contributed by atoms with Crippen LogP contribution in [0.5, 0.6) is 5.75 Å². The van der Waals surface area contributed by atoms with E-state index in [0.29, 0.717) is 5.75 Å². The Kier molecular flexibility index (Phi) is 7.37. The van der Waals surface area contributed by atoms with Gasteiger partial charge in [0.05, 0.1) is 12.7 Å². The van der Waals surface area contributed by atoms with Crippen LogP contribution in [0, 0.1) is 0 Å². The van der Waals surface area contributed by atoms with Gasteiger partial charge in [-0.25, -0.2) is 12.7 Å². The number of nitrogens with zero attached hydrogens (tertiary/aromatic N) is 2. The van der Waals surface area contributed by atoms with Crippen molar-refractivity contribution in [3.05, 3.63) is 59.7 Å². The van der Waals surface area contributed by atoms with E-state index >= 15 is 0 Å². The molecule has 1 aliphatic rings. The molecule has 176 valence electrons. The number of hydrogen-bond acceptors (Lipinski definition) is 6. The van der Waals surface area contributed by atoms with Crippen LogP contribution in [0.2, 0.25) is 0 Å². The van der Waals surface area contributed by atoms with Crippen LogP contribution in [0.25, 0.3) is 0 Å². The Bertz CT molecular complexity index is 1150. The molecule has 0 aliphatic carbocycles. The first kappa shape index (κ1) is 24.2. The van der Waals surface area contributed by atoms with Crippen LogP contribution in [-0.2, 0) is 26.2 Å². The van der Waals surface area contributed by atoms with Crippen LogP contribution in [0.15, 0.2) is 53.4 Å². The van der Waals surface area contributed by atoms with E-state index in [-0.39, 0.29) is 48.2 Å². The van der Waals surface area contributed by atoms with Gasteiger partial charge >= 0.3 is 0 Å². The molecule has 0 aromatic heterocycles. The van der Waals surface area contributed by atoms with Gasteiger partial charge in [-0.1, -0.05) is 24.3 Å². The molecular formula is C23H27N3O6S. The molecule has 1 aliphatic heterocycles. The van der Waals surface area contributed by atoms with Gasteiger partial charge in [0, 0.05) is 26.6 Å². The number of nitrogens with one attached hydrogen (secondary N) is 1. The zero-order valence-corrected chi connectivity index (χ0v) is 19.6. The van der Waals surface area contributed by atoms with Gasteiger partial charge in [0.15, 0.2) is 0 Å². The van der Waals surface area contributed by atoms with Crippen molar-refractivity contribution in [2.24, 2.45) is 0 Å². The molecule has 0 spiro atoms. The summed E-state index contributed by atoms with van der Waals surface area (Å²) in [6.07, 6.45) is 0.116. The SMILES string of the molecule is CNC(=O)[C@@H](C)N(Cc1ccc(OC)cc1)C(=O)CCCN1C(=O)c2ccccc2S1(=O)=O. The van der Waals surface area contributed by atoms with Gasteiger partial charge in [-0.15, -0.1) is 0 Å². The summed E-state index contributed by atoms with van der Waals surface area (Å²) in [5.74, 6) is -0.548. The molecule has 2 aromatic rings. The highest BCUT2D eigenvalue weighted by Crippen LogP contribution is 2.30. The second-order valence-electron chi connectivity index (χ2n) is 7.64. The second-order valence-corrected chi connectivity index (χ2v) is 9.47. The fraction of sp³-hybridized carbons (Fsp3) is 0.348. The number of ether oxygens (including phenoxy) is 1. The third-order valence-electron chi connectivity index (χ3n) is 5.59. The molecule has 0 fully saturated rings. The number of rotatable bonds is 9. The Labute approximate surface area is 193 Å². The number of sulfonamides is 1. The monoisotopic (exact) mass is 473 g/mol. The number of amides is 3. The fourth-order valence-corrected chi connectivity index (χ4v) is 5.30. The minimum Gasteiger partial charge on any atom is -0.497 e. The normalized spacial score (nSPS) is 15.0. The fourth-order valence-electron chi connectivity index (χ4n) is 3.69. The van der Waals surface area contributed by atoms with Crippen molar-refractivity contribution in [2.75, 3.05) is 20.7 Å². The van der Waals surface area contributed by atoms with Crippen molar-refractivity contribution < 1.29 is 27.5 Å². The summed E-state index contributed by atoms with van der Waals surface area (Å²) in [5.41, 5.74) is 0.950. The molecule has 0 bridgehead atoms. The van der Waals surface area contributed by atoms with Crippen molar-refractivity contribution in [3.8, 4) is 5.75 Å². The largest absolute Gasteiger partial charge is 0.497 e. The van der Waals surface area contributed by atoms with E-state index < -0.39 is 22.0 Å². The number of likely N-dealkylation sites (N-methyl/N-ethyl adjacent to an activating group) is 1. The van der Waals surface area contributed by atoms with Gasteiger partial charge in [0.2, 0.25) is 11.8 Å². The summed E-state index contributed by atoms with van der Waals surface area (Å²) >= 11 is 0.